The van der Waals surface area contributed by atoms with Gasteiger partial charge in [0.1, 0.15) is 11.8 Å². The summed E-state index contributed by atoms with van der Waals surface area (Å²) in [6.45, 7) is 7.77. The van der Waals surface area contributed by atoms with E-state index in [1.165, 1.54) is 0 Å². The lowest BCUT2D eigenvalue weighted by Gasteiger charge is -2.12. The van der Waals surface area contributed by atoms with Crippen molar-refractivity contribution in [3.05, 3.63) is 11.9 Å². The SMILES string of the molecule is CC1(C)C(C)(C)C1(F)C(=O)NCCn1cc([C@H](O)C2CC2)nn1. The van der Waals surface area contributed by atoms with Crippen LogP contribution < -0.4 is 5.32 Å². The number of nitrogens with one attached hydrogen (secondary N) is 1. The highest BCUT2D eigenvalue weighted by molar-refractivity contribution is 5.91. The van der Waals surface area contributed by atoms with Crippen molar-refractivity contribution in [1.29, 1.82) is 0 Å². The number of halogens is 1. The fraction of sp³-hybridized carbons (Fsp3) is 0.812. The van der Waals surface area contributed by atoms with Gasteiger partial charge < -0.3 is 10.4 Å². The Morgan fingerprint density at radius 1 is 1.43 bits per heavy atom. The van der Waals surface area contributed by atoms with Gasteiger partial charge in [-0.3, -0.25) is 9.48 Å². The molecule has 2 saturated carbocycles. The Balaban J connectivity index is 1.51. The third-order valence-electron chi connectivity index (χ3n) is 6.09. The minimum Gasteiger partial charge on any atom is -0.386 e. The third-order valence-corrected chi connectivity index (χ3v) is 6.09. The molecule has 0 spiro atoms. The first kappa shape index (κ1) is 16.4. The van der Waals surface area contributed by atoms with E-state index >= 15 is 0 Å². The van der Waals surface area contributed by atoms with Crippen LogP contribution in [0.25, 0.3) is 0 Å². The second kappa shape index (κ2) is 5.00. The van der Waals surface area contributed by atoms with Crippen molar-refractivity contribution in [3.63, 3.8) is 0 Å². The zero-order chi connectivity index (χ0) is 17.0. The number of aliphatic hydroxyl groups is 1. The zero-order valence-electron chi connectivity index (χ0n) is 14.1. The van der Waals surface area contributed by atoms with Crippen molar-refractivity contribution in [2.45, 2.75) is 58.9 Å². The zero-order valence-corrected chi connectivity index (χ0v) is 14.1. The molecule has 6 nitrogen and oxygen atoms in total. The quantitative estimate of drug-likeness (QED) is 0.833. The van der Waals surface area contributed by atoms with Crippen molar-refractivity contribution < 1.29 is 14.3 Å². The summed E-state index contributed by atoms with van der Waals surface area (Å²) in [6, 6.07) is 0. The van der Waals surface area contributed by atoms with Crippen molar-refractivity contribution >= 4 is 5.91 Å². The average molecular weight is 324 g/mol. The highest BCUT2D eigenvalue weighted by atomic mass is 19.1. The van der Waals surface area contributed by atoms with E-state index in [1.54, 1.807) is 38.6 Å². The van der Waals surface area contributed by atoms with E-state index in [-0.39, 0.29) is 6.54 Å². The molecule has 2 fully saturated rings. The molecule has 0 unspecified atom stereocenters. The first-order valence-corrected chi connectivity index (χ1v) is 8.18. The Kier molecular flexibility index (Phi) is 3.55. The van der Waals surface area contributed by atoms with E-state index < -0.39 is 28.5 Å². The Morgan fingerprint density at radius 2 is 2.04 bits per heavy atom. The number of nitrogens with zero attached hydrogens (tertiary/aromatic N) is 3. The fourth-order valence-electron chi connectivity index (χ4n) is 3.43. The monoisotopic (exact) mass is 324 g/mol. The van der Waals surface area contributed by atoms with Gasteiger partial charge in [-0.05, 0) is 18.8 Å². The highest BCUT2D eigenvalue weighted by Gasteiger charge is 2.83. The summed E-state index contributed by atoms with van der Waals surface area (Å²) in [7, 11) is 0. The van der Waals surface area contributed by atoms with Crippen molar-refractivity contribution in [2.24, 2.45) is 16.7 Å². The topological polar surface area (TPSA) is 80.0 Å². The normalized spacial score (nSPS) is 25.0. The number of aliphatic hydroxyl groups excluding tert-OH is 1. The van der Waals surface area contributed by atoms with Crippen LogP contribution in [0.4, 0.5) is 4.39 Å². The summed E-state index contributed by atoms with van der Waals surface area (Å²) in [5.41, 5.74) is -2.61. The van der Waals surface area contributed by atoms with Crippen molar-refractivity contribution in [1.82, 2.24) is 20.3 Å². The number of carbonyl (C=O) groups is 1. The molecule has 0 radical (unpaired) electrons. The fourth-order valence-corrected chi connectivity index (χ4v) is 3.43. The summed E-state index contributed by atoms with van der Waals surface area (Å²) in [5.74, 6) is -0.267. The lowest BCUT2D eigenvalue weighted by Crippen LogP contribution is -2.39. The first-order valence-electron chi connectivity index (χ1n) is 8.18. The lowest BCUT2D eigenvalue weighted by atomic mass is 10.0. The van der Waals surface area contributed by atoms with E-state index in [9.17, 15) is 14.3 Å². The molecule has 0 saturated heterocycles. The molecule has 3 rings (SSSR count). The number of hydrogen-bond acceptors (Lipinski definition) is 4. The van der Waals surface area contributed by atoms with Gasteiger partial charge in [-0.15, -0.1) is 5.10 Å². The van der Waals surface area contributed by atoms with Gasteiger partial charge in [0, 0.05) is 17.4 Å². The number of alkyl halides is 1. The molecule has 23 heavy (non-hydrogen) atoms. The van der Waals surface area contributed by atoms with Crippen LogP contribution in [0, 0.1) is 16.7 Å². The van der Waals surface area contributed by atoms with Gasteiger partial charge in [0.05, 0.1) is 12.7 Å². The van der Waals surface area contributed by atoms with Gasteiger partial charge in [0.25, 0.3) is 5.91 Å². The minimum absolute atomic E-state index is 0.277. The molecule has 2 N–H and O–H groups in total. The van der Waals surface area contributed by atoms with Crippen LogP contribution in [0.3, 0.4) is 0 Å². The summed E-state index contributed by atoms with van der Waals surface area (Å²) in [6.07, 6.45) is 3.17. The van der Waals surface area contributed by atoms with E-state index in [4.69, 9.17) is 0 Å². The maximum absolute atomic E-state index is 14.9. The molecule has 7 heteroatoms. The summed E-state index contributed by atoms with van der Waals surface area (Å²) < 4.78 is 16.5. The lowest BCUT2D eigenvalue weighted by molar-refractivity contribution is -0.129. The van der Waals surface area contributed by atoms with Crippen LogP contribution in [0.15, 0.2) is 6.20 Å². The summed E-state index contributed by atoms with van der Waals surface area (Å²) >= 11 is 0. The van der Waals surface area contributed by atoms with E-state index in [0.717, 1.165) is 12.8 Å². The standard InChI is InChI=1S/C16H25FN4O2/c1-14(2)15(3,4)16(14,17)13(23)18-7-8-21-9-11(19-20-21)12(22)10-5-6-10/h9-10,12,22H,5-8H2,1-4H3,(H,18,23)/t12-/m1/s1. The molecule has 128 valence electrons. The molecule has 1 aromatic rings. The number of rotatable bonds is 6. The van der Waals surface area contributed by atoms with Gasteiger partial charge >= 0.3 is 0 Å². The Morgan fingerprint density at radius 3 is 2.57 bits per heavy atom. The van der Waals surface area contributed by atoms with Crippen LogP contribution >= 0.6 is 0 Å². The average Bonchev–Trinajstić information content (AvgIpc) is 3.30. The second-order valence-electron chi connectivity index (χ2n) is 7.85. The summed E-state index contributed by atoms with van der Waals surface area (Å²) in [5, 5.41) is 20.5. The molecule has 2 aliphatic rings. The first-order chi connectivity index (χ1) is 10.6. The predicted molar refractivity (Wildman–Crippen MR) is 82.1 cm³/mol. The Hall–Kier alpha value is -1.50. The Bertz CT molecular complexity index is 607. The van der Waals surface area contributed by atoms with Crippen LogP contribution in [0.1, 0.15) is 52.3 Å². The van der Waals surface area contributed by atoms with Gasteiger partial charge in [-0.2, -0.15) is 0 Å². The Labute approximate surface area is 135 Å². The van der Waals surface area contributed by atoms with Gasteiger partial charge in [-0.25, -0.2) is 4.39 Å². The van der Waals surface area contributed by atoms with Crippen LogP contribution in [0.5, 0.6) is 0 Å². The van der Waals surface area contributed by atoms with Gasteiger partial charge in [0.15, 0.2) is 5.67 Å². The molecule has 1 atom stereocenters. The van der Waals surface area contributed by atoms with Crippen LogP contribution in [-0.2, 0) is 11.3 Å². The highest BCUT2D eigenvalue weighted by Crippen LogP contribution is 2.73. The number of aromatic nitrogens is 3. The molecular weight excluding hydrogens is 299 g/mol. The number of amides is 1. The maximum atomic E-state index is 14.9. The predicted octanol–water partition coefficient (Wildman–Crippen LogP) is 1.61. The molecule has 0 aromatic carbocycles. The maximum Gasteiger partial charge on any atom is 0.258 e. The number of carbonyl (C=O) groups excluding carboxylic acids is 1. The smallest absolute Gasteiger partial charge is 0.258 e. The molecular formula is C16H25FN4O2. The molecule has 0 bridgehead atoms. The van der Waals surface area contributed by atoms with E-state index in [0.29, 0.717) is 18.2 Å². The molecule has 2 aliphatic carbocycles. The van der Waals surface area contributed by atoms with Crippen LogP contribution in [-0.4, -0.2) is 38.2 Å². The van der Waals surface area contributed by atoms with Gasteiger partial charge in [0.2, 0.25) is 0 Å². The minimum atomic E-state index is -1.84. The third kappa shape index (κ3) is 2.28. The van der Waals surface area contributed by atoms with E-state index in [1.807, 2.05) is 0 Å². The second-order valence-corrected chi connectivity index (χ2v) is 7.85. The van der Waals surface area contributed by atoms with E-state index in [2.05, 4.69) is 15.6 Å². The van der Waals surface area contributed by atoms with Crippen molar-refractivity contribution in [2.75, 3.05) is 6.54 Å². The van der Waals surface area contributed by atoms with Gasteiger partial charge in [-0.1, -0.05) is 32.9 Å². The summed E-state index contributed by atoms with van der Waals surface area (Å²) in [4.78, 5) is 12.2. The molecule has 1 heterocycles. The van der Waals surface area contributed by atoms with Crippen LogP contribution in [0.2, 0.25) is 0 Å². The molecule has 1 amide bonds. The van der Waals surface area contributed by atoms with Crippen molar-refractivity contribution in [3.8, 4) is 0 Å². The molecule has 1 aromatic heterocycles. The molecule has 0 aliphatic heterocycles. The largest absolute Gasteiger partial charge is 0.386 e. The number of hydrogen-bond donors (Lipinski definition) is 2.